The first-order chi connectivity index (χ1) is 6.42. The third kappa shape index (κ3) is 0.869. The number of fused-ring (bicyclic) bond motifs is 1. The van der Waals surface area contributed by atoms with Crippen LogP contribution in [0.1, 0.15) is 26.7 Å². The van der Waals surface area contributed by atoms with Gasteiger partial charge < -0.3 is 9.84 Å². The molecule has 0 amide bonds. The summed E-state index contributed by atoms with van der Waals surface area (Å²) >= 11 is 0. The van der Waals surface area contributed by atoms with Crippen LogP contribution in [-0.4, -0.2) is 29.1 Å². The van der Waals surface area contributed by atoms with Crippen molar-refractivity contribution in [3.05, 3.63) is 0 Å². The predicted molar refractivity (Wildman–Crippen MR) is 47.4 cm³/mol. The topological polar surface area (TPSA) is 63.6 Å². The number of carbonyl (C=O) groups excluding carboxylic acids is 2. The Hall–Kier alpha value is -0.900. The van der Waals surface area contributed by atoms with Gasteiger partial charge in [-0.2, -0.15) is 0 Å². The van der Waals surface area contributed by atoms with Gasteiger partial charge in [-0.3, -0.25) is 9.59 Å². The monoisotopic (exact) mass is 198 g/mol. The summed E-state index contributed by atoms with van der Waals surface area (Å²) in [5, 5.41) is 10.3. The highest BCUT2D eigenvalue weighted by molar-refractivity contribution is 5.90. The van der Waals surface area contributed by atoms with Crippen molar-refractivity contribution in [3.63, 3.8) is 0 Å². The molecule has 78 valence electrons. The van der Waals surface area contributed by atoms with Gasteiger partial charge in [0.2, 0.25) is 0 Å². The fraction of sp³-hybridized carbons (Fsp3) is 0.800. The first-order valence-electron chi connectivity index (χ1n) is 4.84. The molecule has 3 atom stereocenters. The van der Waals surface area contributed by atoms with Crippen molar-refractivity contribution in [2.24, 2.45) is 11.3 Å². The maximum atomic E-state index is 11.5. The Morgan fingerprint density at radius 3 is 2.79 bits per heavy atom. The Kier molecular flexibility index (Phi) is 1.77. The predicted octanol–water partition coefficient (Wildman–Crippen LogP) is 0.280. The lowest BCUT2D eigenvalue weighted by Crippen LogP contribution is -2.57. The van der Waals surface area contributed by atoms with Gasteiger partial charge in [-0.15, -0.1) is 0 Å². The van der Waals surface area contributed by atoms with E-state index in [1.807, 2.05) is 0 Å². The number of rotatable bonds is 0. The van der Waals surface area contributed by atoms with Crippen LogP contribution in [0, 0.1) is 11.3 Å². The van der Waals surface area contributed by atoms with Gasteiger partial charge in [-0.1, -0.05) is 6.92 Å². The molecule has 0 aromatic rings. The molecule has 0 radical (unpaired) electrons. The van der Waals surface area contributed by atoms with Gasteiger partial charge in [0.25, 0.3) is 0 Å². The van der Waals surface area contributed by atoms with Gasteiger partial charge in [-0.25, -0.2) is 0 Å². The quantitative estimate of drug-likeness (QED) is 0.568. The van der Waals surface area contributed by atoms with Gasteiger partial charge in [0.15, 0.2) is 0 Å². The number of hydrogen-bond donors (Lipinski definition) is 1. The Bertz CT molecular complexity index is 311. The summed E-state index contributed by atoms with van der Waals surface area (Å²) in [7, 11) is 0. The number of aliphatic hydroxyl groups is 1. The number of hydrogen-bond acceptors (Lipinski definition) is 4. The third-order valence-corrected chi connectivity index (χ3v) is 3.90. The zero-order valence-electron chi connectivity index (χ0n) is 8.37. The highest BCUT2D eigenvalue weighted by atomic mass is 16.6. The van der Waals surface area contributed by atoms with Gasteiger partial charge in [-0.05, 0) is 13.3 Å². The minimum Gasteiger partial charge on any atom is -0.462 e. The van der Waals surface area contributed by atoms with Crippen LogP contribution >= 0.6 is 0 Å². The zero-order chi connectivity index (χ0) is 10.6. The molecule has 1 saturated carbocycles. The summed E-state index contributed by atoms with van der Waals surface area (Å²) in [6.45, 7) is 3.31. The zero-order valence-corrected chi connectivity index (χ0v) is 8.37. The number of Topliss-reactive ketones (excluding diaryl/α,β-unsaturated/α-hetero) is 1. The van der Waals surface area contributed by atoms with Gasteiger partial charge in [0.05, 0.1) is 5.41 Å². The molecule has 1 aliphatic heterocycles. The highest BCUT2D eigenvalue weighted by Gasteiger charge is 2.64. The van der Waals surface area contributed by atoms with Crippen LogP contribution in [-0.2, 0) is 14.3 Å². The summed E-state index contributed by atoms with van der Waals surface area (Å²) in [6, 6.07) is 0. The van der Waals surface area contributed by atoms with Crippen LogP contribution in [0.5, 0.6) is 0 Å². The van der Waals surface area contributed by atoms with E-state index in [1.54, 1.807) is 13.8 Å². The molecule has 3 unspecified atom stereocenters. The minimum atomic E-state index is -1.29. The maximum absolute atomic E-state index is 11.5. The van der Waals surface area contributed by atoms with E-state index >= 15 is 0 Å². The van der Waals surface area contributed by atoms with E-state index in [-0.39, 0.29) is 18.4 Å². The standard InChI is InChI=1S/C10H14O4/c1-6-7(11)3-4-9(2)8(12)14-5-10(6,9)13/h6,13H,3-5H2,1-2H3. The lowest BCUT2D eigenvalue weighted by atomic mass is 9.61. The van der Waals surface area contributed by atoms with Crippen LogP contribution < -0.4 is 0 Å². The number of ketones is 1. The fourth-order valence-corrected chi connectivity index (χ4v) is 2.45. The summed E-state index contributed by atoms with van der Waals surface area (Å²) in [5.74, 6) is -0.865. The van der Waals surface area contributed by atoms with E-state index < -0.39 is 16.9 Å². The summed E-state index contributed by atoms with van der Waals surface area (Å²) in [5.41, 5.74) is -2.18. The van der Waals surface area contributed by atoms with Crippen LogP contribution in [0.4, 0.5) is 0 Å². The van der Waals surface area contributed by atoms with Crippen molar-refractivity contribution in [2.75, 3.05) is 6.61 Å². The Labute approximate surface area is 82.2 Å². The normalized spacial score (nSPS) is 47.5. The van der Waals surface area contributed by atoms with E-state index in [2.05, 4.69) is 0 Å². The van der Waals surface area contributed by atoms with Crippen molar-refractivity contribution in [2.45, 2.75) is 32.3 Å². The number of cyclic esters (lactones) is 1. The molecule has 1 saturated heterocycles. The largest absolute Gasteiger partial charge is 0.462 e. The Balaban J connectivity index is 2.45. The van der Waals surface area contributed by atoms with Gasteiger partial charge in [0, 0.05) is 12.3 Å². The molecule has 1 N–H and O–H groups in total. The fourth-order valence-electron chi connectivity index (χ4n) is 2.45. The second-order valence-corrected chi connectivity index (χ2v) is 4.52. The molecular formula is C10H14O4. The molecule has 4 heteroatoms. The summed E-state index contributed by atoms with van der Waals surface area (Å²) < 4.78 is 4.88. The Morgan fingerprint density at radius 2 is 2.14 bits per heavy atom. The second-order valence-electron chi connectivity index (χ2n) is 4.52. The summed E-state index contributed by atoms with van der Waals surface area (Å²) in [4.78, 5) is 23.0. The number of carbonyl (C=O) groups is 2. The minimum absolute atomic E-state index is 0.0169. The highest BCUT2D eigenvalue weighted by Crippen LogP contribution is 2.50. The molecule has 2 rings (SSSR count). The van der Waals surface area contributed by atoms with Crippen LogP contribution in [0.25, 0.3) is 0 Å². The van der Waals surface area contributed by atoms with E-state index in [1.165, 1.54) is 0 Å². The van der Waals surface area contributed by atoms with Gasteiger partial charge >= 0.3 is 5.97 Å². The average Bonchev–Trinajstić information content (AvgIpc) is 2.39. The lowest BCUT2D eigenvalue weighted by molar-refractivity contribution is -0.159. The smallest absolute Gasteiger partial charge is 0.315 e. The molecule has 0 spiro atoms. The number of ether oxygens (including phenoxy) is 1. The SMILES string of the molecule is CC1C(=O)CCC2(C)C(=O)OCC12O. The average molecular weight is 198 g/mol. The number of esters is 1. The van der Waals surface area contributed by atoms with E-state index in [9.17, 15) is 14.7 Å². The molecule has 2 aliphatic rings. The lowest BCUT2D eigenvalue weighted by Gasteiger charge is -2.42. The van der Waals surface area contributed by atoms with Crippen molar-refractivity contribution >= 4 is 11.8 Å². The molecule has 0 bridgehead atoms. The van der Waals surface area contributed by atoms with Gasteiger partial charge in [0.1, 0.15) is 18.0 Å². The maximum Gasteiger partial charge on any atom is 0.315 e. The molecule has 2 fully saturated rings. The summed E-state index contributed by atoms with van der Waals surface area (Å²) in [6.07, 6.45) is 0.751. The van der Waals surface area contributed by atoms with Crippen LogP contribution in [0.15, 0.2) is 0 Å². The van der Waals surface area contributed by atoms with Crippen LogP contribution in [0.3, 0.4) is 0 Å². The van der Waals surface area contributed by atoms with E-state index in [0.717, 1.165) is 0 Å². The Morgan fingerprint density at radius 1 is 1.50 bits per heavy atom. The second kappa shape index (κ2) is 2.57. The molecule has 0 aromatic carbocycles. The van der Waals surface area contributed by atoms with E-state index in [0.29, 0.717) is 12.8 Å². The molecule has 0 aromatic heterocycles. The molecule has 1 aliphatic carbocycles. The third-order valence-electron chi connectivity index (χ3n) is 3.90. The van der Waals surface area contributed by atoms with Crippen LogP contribution in [0.2, 0.25) is 0 Å². The van der Waals surface area contributed by atoms with Crippen molar-refractivity contribution in [3.8, 4) is 0 Å². The van der Waals surface area contributed by atoms with E-state index in [4.69, 9.17) is 4.74 Å². The molecule has 1 heterocycles. The molecule has 4 nitrogen and oxygen atoms in total. The van der Waals surface area contributed by atoms with Crippen molar-refractivity contribution in [1.82, 2.24) is 0 Å². The molecular weight excluding hydrogens is 184 g/mol. The first-order valence-corrected chi connectivity index (χ1v) is 4.84. The van der Waals surface area contributed by atoms with Crippen molar-refractivity contribution in [1.29, 1.82) is 0 Å². The van der Waals surface area contributed by atoms with Crippen molar-refractivity contribution < 1.29 is 19.4 Å². The molecule has 14 heavy (non-hydrogen) atoms. The first kappa shape index (κ1) is 9.65.